The smallest absolute Gasteiger partial charge is 0.326 e. The van der Waals surface area contributed by atoms with Crippen LogP contribution >= 0.6 is 0 Å². The zero-order valence-corrected chi connectivity index (χ0v) is 11.2. The van der Waals surface area contributed by atoms with Crippen molar-refractivity contribution in [1.29, 1.82) is 0 Å². The number of ether oxygens (including phenoxy) is 1. The first-order valence-electron chi connectivity index (χ1n) is 6.26. The summed E-state index contributed by atoms with van der Waals surface area (Å²) in [7, 11) is 0. The Balaban J connectivity index is 2.73. The standard InChI is InChI=1S/C13H25NO2/c1-10(2)14-13(8-6-7-9-13)11(15)16-12(3,4)5/h10,14H,6-9H2,1-5H3. The first-order valence-corrected chi connectivity index (χ1v) is 6.26. The van der Waals surface area contributed by atoms with Crippen LogP contribution < -0.4 is 5.32 Å². The van der Waals surface area contributed by atoms with Gasteiger partial charge in [-0.15, -0.1) is 0 Å². The molecule has 1 fully saturated rings. The van der Waals surface area contributed by atoms with Gasteiger partial charge in [0.25, 0.3) is 0 Å². The summed E-state index contributed by atoms with van der Waals surface area (Å²) in [4.78, 5) is 12.2. The second kappa shape index (κ2) is 4.74. The Morgan fingerprint density at radius 3 is 2.12 bits per heavy atom. The van der Waals surface area contributed by atoms with Gasteiger partial charge < -0.3 is 4.74 Å². The molecule has 0 aromatic heterocycles. The highest BCUT2D eigenvalue weighted by Gasteiger charge is 2.44. The molecule has 1 N–H and O–H groups in total. The summed E-state index contributed by atoms with van der Waals surface area (Å²) in [6, 6.07) is 0.311. The minimum atomic E-state index is -0.429. The molecule has 3 heteroatoms. The second-order valence-electron chi connectivity index (χ2n) is 6.09. The van der Waals surface area contributed by atoms with E-state index in [0.29, 0.717) is 6.04 Å². The van der Waals surface area contributed by atoms with Crippen LogP contribution in [0, 0.1) is 0 Å². The summed E-state index contributed by atoms with van der Waals surface area (Å²) in [5.41, 5.74) is -0.827. The molecule has 94 valence electrons. The van der Waals surface area contributed by atoms with Crippen molar-refractivity contribution in [3.63, 3.8) is 0 Å². The quantitative estimate of drug-likeness (QED) is 0.753. The zero-order valence-electron chi connectivity index (χ0n) is 11.2. The lowest BCUT2D eigenvalue weighted by atomic mass is 9.96. The fourth-order valence-electron chi connectivity index (χ4n) is 2.31. The van der Waals surface area contributed by atoms with Crippen LogP contribution in [0.1, 0.15) is 60.3 Å². The van der Waals surface area contributed by atoms with Gasteiger partial charge >= 0.3 is 5.97 Å². The van der Waals surface area contributed by atoms with Gasteiger partial charge in [0.15, 0.2) is 0 Å². The van der Waals surface area contributed by atoms with Gasteiger partial charge in [0.1, 0.15) is 11.1 Å². The van der Waals surface area contributed by atoms with Crippen LogP contribution in [0.4, 0.5) is 0 Å². The largest absolute Gasteiger partial charge is 0.459 e. The first-order chi connectivity index (χ1) is 7.25. The van der Waals surface area contributed by atoms with E-state index in [9.17, 15) is 4.79 Å². The average molecular weight is 227 g/mol. The van der Waals surface area contributed by atoms with Crippen molar-refractivity contribution in [2.75, 3.05) is 0 Å². The summed E-state index contributed by atoms with van der Waals surface area (Å²) in [5, 5.41) is 3.40. The van der Waals surface area contributed by atoms with E-state index in [1.165, 1.54) is 0 Å². The lowest BCUT2D eigenvalue weighted by molar-refractivity contribution is -0.163. The van der Waals surface area contributed by atoms with Gasteiger partial charge in [0.2, 0.25) is 0 Å². The molecule has 0 radical (unpaired) electrons. The van der Waals surface area contributed by atoms with Crippen LogP contribution in [0.2, 0.25) is 0 Å². The maximum atomic E-state index is 12.2. The number of rotatable bonds is 3. The lowest BCUT2D eigenvalue weighted by Crippen LogP contribution is -2.54. The van der Waals surface area contributed by atoms with Gasteiger partial charge in [-0.25, -0.2) is 0 Å². The summed E-state index contributed by atoms with van der Waals surface area (Å²) in [6.45, 7) is 9.91. The lowest BCUT2D eigenvalue weighted by Gasteiger charge is -2.33. The maximum Gasteiger partial charge on any atom is 0.326 e. The van der Waals surface area contributed by atoms with Crippen molar-refractivity contribution in [2.45, 2.75) is 77.5 Å². The SMILES string of the molecule is CC(C)NC1(C(=O)OC(C)(C)C)CCCC1. The number of hydrogen-bond donors (Lipinski definition) is 1. The van der Waals surface area contributed by atoms with Gasteiger partial charge in [-0.05, 0) is 47.5 Å². The maximum absolute atomic E-state index is 12.2. The third kappa shape index (κ3) is 3.48. The molecule has 0 heterocycles. The summed E-state index contributed by atoms with van der Waals surface area (Å²) in [6.07, 6.45) is 4.03. The van der Waals surface area contributed by atoms with E-state index in [4.69, 9.17) is 4.74 Å². The Morgan fingerprint density at radius 2 is 1.75 bits per heavy atom. The fourth-order valence-corrected chi connectivity index (χ4v) is 2.31. The summed E-state index contributed by atoms with van der Waals surface area (Å²) in [5.74, 6) is -0.0776. The Labute approximate surface area is 98.9 Å². The highest BCUT2D eigenvalue weighted by Crippen LogP contribution is 2.32. The number of esters is 1. The van der Waals surface area contributed by atoms with E-state index in [0.717, 1.165) is 25.7 Å². The van der Waals surface area contributed by atoms with Crippen LogP contribution in [-0.2, 0) is 9.53 Å². The molecule has 0 aliphatic heterocycles. The molecule has 0 aromatic rings. The monoisotopic (exact) mass is 227 g/mol. The molecule has 1 rings (SSSR count). The van der Waals surface area contributed by atoms with Crippen LogP contribution in [0.25, 0.3) is 0 Å². The van der Waals surface area contributed by atoms with Crippen molar-refractivity contribution in [1.82, 2.24) is 5.32 Å². The van der Waals surface area contributed by atoms with E-state index in [1.807, 2.05) is 20.8 Å². The molecule has 0 saturated heterocycles. The number of hydrogen-bond acceptors (Lipinski definition) is 3. The molecule has 0 unspecified atom stereocenters. The Bertz CT molecular complexity index is 247. The predicted octanol–water partition coefficient (Wildman–Crippen LogP) is 2.64. The van der Waals surface area contributed by atoms with Crippen molar-refractivity contribution in [2.24, 2.45) is 0 Å². The number of nitrogens with one attached hydrogen (secondary N) is 1. The summed E-state index contributed by atoms with van der Waals surface area (Å²) >= 11 is 0. The molecule has 0 spiro atoms. The molecule has 16 heavy (non-hydrogen) atoms. The molecule has 0 aromatic carbocycles. The molecule has 1 aliphatic carbocycles. The summed E-state index contributed by atoms with van der Waals surface area (Å²) < 4.78 is 5.52. The molecule has 0 bridgehead atoms. The van der Waals surface area contributed by atoms with E-state index < -0.39 is 11.1 Å². The predicted molar refractivity (Wildman–Crippen MR) is 65.3 cm³/mol. The molecule has 3 nitrogen and oxygen atoms in total. The van der Waals surface area contributed by atoms with Gasteiger partial charge in [-0.3, -0.25) is 10.1 Å². The van der Waals surface area contributed by atoms with Crippen LogP contribution in [0.5, 0.6) is 0 Å². The molecular formula is C13H25NO2. The van der Waals surface area contributed by atoms with Gasteiger partial charge in [-0.1, -0.05) is 12.8 Å². The van der Waals surface area contributed by atoms with E-state index in [-0.39, 0.29) is 5.97 Å². The average Bonchev–Trinajstić information content (AvgIpc) is 2.49. The van der Waals surface area contributed by atoms with Gasteiger partial charge in [0, 0.05) is 6.04 Å². The third-order valence-corrected chi connectivity index (χ3v) is 2.81. The van der Waals surface area contributed by atoms with Crippen molar-refractivity contribution < 1.29 is 9.53 Å². The molecular weight excluding hydrogens is 202 g/mol. The van der Waals surface area contributed by atoms with E-state index in [1.54, 1.807) is 0 Å². The highest BCUT2D eigenvalue weighted by atomic mass is 16.6. The van der Waals surface area contributed by atoms with Gasteiger partial charge in [0.05, 0.1) is 0 Å². The third-order valence-electron chi connectivity index (χ3n) is 2.81. The van der Waals surface area contributed by atoms with Crippen LogP contribution in [0.3, 0.4) is 0 Å². The number of carbonyl (C=O) groups is 1. The number of carbonyl (C=O) groups excluding carboxylic acids is 1. The topological polar surface area (TPSA) is 38.3 Å². The minimum Gasteiger partial charge on any atom is -0.459 e. The molecule has 1 saturated carbocycles. The van der Waals surface area contributed by atoms with E-state index in [2.05, 4.69) is 19.2 Å². The normalized spacial score (nSPS) is 20.1. The van der Waals surface area contributed by atoms with Gasteiger partial charge in [-0.2, -0.15) is 0 Å². The molecule has 0 amide bonds. The first kappa shape index (κ1) is 13.5. The molecule has 1 aliphatic rings. The second-order valence-corrected chi connectivity index (χ2v) is 6.09. The van der Waals surface area contributed by atoms with Crippen LogP contribution in [0.15, 0.2) is 0 Å². The Morgan fingerprint density at radius 1 is 1.25 bits per heavy atom. The van der Waals surface area contributed by atoms with Crippen molar-refractivity contribution in [3.8, 4) is 0 Å². The van der Waals surface area contributed by atoms with Crippen molar-refractivity contribution >= 4 is 5.97 Å². The van der Waals surface area contributed by atoms with Crippen molar-refractivity contribution in [3.05, 3.63) is 0 Å². The zero-order chi connectivity index (χ0) is 12.4. The highest BCUT2D eigenvalue weighted by molar-refractivity contribution is 5.81. The Kier molecular flexibility index (Phi) is 4.00. The molecule has 0 atom stereocenters. The Hall–Kier alpha value is -0.570. The fraction of sp³-hybridized carbons (Fsp3) is 0.923. The van der Waals surface area contributed by atoms with E-state index >= 15 is 0 Å². The van der Waals surface area contributed by atoms with Crippen LogP contribution in [-0.4, -0.2) is 23.2 Å². The minimum absolute atomic E-state index is 0.0776.